The standard InChI is InChI=1S/C20H18O5/c1-13-3-5-14(6-4-13)9-19(21)24-12-15-10-20(22)25-18-11-16(23-2)7-8-17(15)18/h3-8,10-11H,9,12H2,1-2H3. The van der Waals surface area contributed by atoms with Crippen LogP contribution in [0.5, 0.6) is 5.75 Å². The van der Waals surface area contributed by atoms with E-state index >= 15 is 0 Å². The van der Waals surface area contributed by atoms with Crippen molar-refractivity contribution in [2.24, 2.45) is 0 Å². The van der Waals surface area contributed by atoms with Gasteiger partial charge in [-0.3, -0.25) is 4.79 Å². The summed E-state index contributed by atoms with van der Waals surface area (Å²) >= 11 is 0. The number of carbonyl (C=O) groups excluding carboxylic acids is 1. The van der Waals surface area contributed by atoms with E-state index in [0.29, 0.717) is 22.3 Å². The largest absolute Gasteiger partial charge is 0.497 e. The number of ether oxygens (including phenoxy) is 2. The van der Waals surface area contributed by atoms with Crippen LogP contribution < -0.4 is 10.4 Å². The molecule has 0 N–H and O–H groups in total. The molecule has 3 rings (SSSR count). The van der Waals surface area contributed by atoms with E-state index < -0.39 is 5.63 Å². The second-order valence-electron chi connectivity index (χ2n) is 5.78. The molecule has 0 fully saturated rings. The van der Waals surface area contributed by atoms with Gasteiger partial charge in [0.2, 0.25) is 0 Å². The molecule has 0 atom stereocenters. The first-order chi connectivity index (χ1) is 12.0. The fourth-order valence-electron chi connectivity index (χ4n) is 2.54. The number of hydrogen-bond acceptors (Lipinski definition) is 5. The highest BCUT2D eigenvalue weighted by atomic mass is 16.5. The number of benzene rings is 2. The first-order valence-electron chi connectivity index (χ1n) is 7.87. The molecule has 5 heteroatoms. The van der Waals surface area contributed by atoms with E-state index in [9.17, 15) is 9.59 Å². The SMILES string of the molecule is COc1ccc2c(COC(=O)Cc3ccc(C)cc3)cc(=O)oc2c1. The number of hydrogen-bond donors (Lipinski definition) is 0. The maximum Gasteiger partial charge on any atom is 0.336 e. The highest BCUT2D eigenvalue weighted by Gasteiger charge is 2.10. The summed E-state index contributed by atoms with van der Waals surface area (Å²) in [5, 5.41) is 0.712. The van der Waals surface area contributed by atoms with E-state index in [1.807, 2.05) is 31.2 Å². The number of esters is 1. The van der Waals surface area contributed by atoms with Crippen LogP contribution in [0.3, 0.4) is 0 Å². The smallest absolute Gasteiger partial charge is 0.336 e. The average molecular weight is 338 g/mol. The predicted molar refractivity (Wildman–Crippen MR) is 93.7 cm³/mol. The molecule has 5 nitrogen and oxygen atoms in total. The minimum atomic E-state index is -0.495. The van der Waals surface area contributed by atoms with Crippen molar-refractivity contribution in [3.05, 3.63) is 75.6 Å². The number of carbonyl (C=O) groups is 1. The number of fused-ring (bicyclic) bond motifs is 1. The molecule has 0 aliphatic rings. The first-order valence-corrected chi connectivity index (χ1v) is 7.87. The van der Waals surface area contributed by atoms with Crippen LogP contribution in [-0.4, -0.2) is 13.1 Å². The highest BCUT2D eigenvalue weighted by Crippen LogP contribution is 2.23. The molecular formula is C20H18O5. The topological polar surface area (TPSA) is 65.7 Å². The van der Waals surface area contributed by atoms with Gasteiger partial charge >= 0.3 is 11.6 Å². The van der Waals surface area contributed by atoms with Crippen molar-refractivity contribution in [3.8, 4) is 5.75 Å². The third kappa shape index (κ3) is 4.07. The summed E-state index contributed by atoms with van der Waals surface area (Å²) in [6, 6.07) is 14.2. The Hall–Kier alpha value is -3.08. The lowest BCUT2D eigenvalue weighted by Crippen LogP contribution is -2.10. The van der Waals surface area contributed by atoms with Gasteiger partial charge in [0.25, 0.3) is 0 Å². The molecule has 0 radical (unpaired) electrons. The van der Waals surface area contributed by atoms with E-state index in [0.717, 1.165) is 11.1 Å². The second kappa shape index (κ2) is 7.21. The minimum Gasteiger partial charge on any atom is -0.497 e. The number of aryl methyl sites for hydroxylation is 1. The Morgan fingerprint density at radius 3 is 2.56 bits per heavy atom. The van der Waals surface area contributed by atoms with Crippen LogP contribution in [0.25, 0.3) is 11.0 Å². The Kier molecular flexibility index (Phi) is 4.84. The fourth-order valence-corrected chi connectivity index (χ4v) is 2.54. The van der Waals surface area contributed by atoms with Crippen molar-refractivity contribution in [1.82, 2.24) is 0 Å². The Bertz CT molecular complexity index is 954. The van der Waals surface area contributed by atoms with Crippen LogP contribution in [0.4, 0.5) is 0 Å². The van der Waals surface area contributed by atoms with Crippen molar-refractivity contribution in [2.75, 3.05) is 7.11 Å². The van der Waals surface area contributed by atoms with E-state index in [-0.39, 0.29) is 19.0 Å². The van der Waals surface area contributed by atoms with Gasteiger partial charge in [-0.05, 0) is 24.6 Å². The zero-order valence-electron chi connectivity index (χ0n) is 14.1. The molecule has 0 saturated carbocycles. The van der Waals surface area contributed by atoms with E-state index in [2.05, 4.69) is 0 Å². The fraction of sp³-hybridized carbons (Fsp3) is 0.200. The van der Waals surface area contributed by atoms with Crippen LogP contribution >= 0.6 is 0 Å². The molecule has 0 amide bonds. The van der Waals surface area contributed by atoms with E-state index in [1.54, 1.807) is 18.2 Å². The molecule has 2 aromatic carbocycles. The van der Waals surface area contributed by atoms with Gasteiger partial charge in [0, 0.05) is 23.1 Å². The Balaban J connectivity index is 1.75. The lowest BCUT2D eigenvalue weighted by atomic mass is 10.1. The van der Waals surface area contributed by atoms with Crippen LogP contribution in [0, 0.1) is 6.92 Å². The molecule has 0 aliphatic heterocycles. The summed E-state index contributed by atoms with van der Waals surface area (Å²) in [6.07, 6.45) is 0.188. The maximum absolute atomic E-state index is 12.0. The third-order valence-electron chi connectivity index (χ3n) is 3.90. The zero-order chi connectivity index (χ0) is 17.8. The van der Waals surface area contributed by atoms with Crippen molar-refractivity contribution >= 4 is 16.9 Å². The average Bonchev–Trinajstić information content (AvgIpc) is 2.61. The predicted octanol–water partition coefficient (Wildman–Crippen LogP) is 3.40. The summed E-state index contributed by atoms with van der Waals surface area (Å²) in [5.74, 6) is 0.239. The van der Waals surface area contributed by atoms with Gasteiger partial charge in [-0.2, -0.15) is 0 Å². The van der Waals surface area contributed by atoms with Gasteiger partial charge < -0.3 is 13.9 Å². The quantitative estimate of drug-likeness (QED) is 0.527. The molecule has 1 heterocycles. The molecule has 0 saturated heterocycles. The molecule has 25 heavy (non-hydrogen) atoms. The zero-order valence-corrected chi connectivity index (χ0v) is 14.1. The lowest BCUT2D eigenvalue weighted by molar-refractivity contribution is -0.144. The maximum atomic E-state index is 12.0. The van der Waals surface area contributed by atoms with Crippen molar-refractivity contribution in [3.63, 3.8) is 0 Å². The summed E-state index contributed by atoms with van der Waals surface area (Å²) in [5.41, 5.74) is 2.53. The van der Waals surface area contributed by atoms with Gasteiger partial charge in [-0.1, -0.05) is 29.8 Å². The van der Waals surface area contributed by atoms with Crippen molar-refractivity contribution in [1.29, 1.82) is 0 Å². The Labute approximate surface area is 144 Å². The summed E-state index contributed by atoms with van der Waals surface area (Å²) < 4.78 is 15.6. The lowest BCUT2D eigenvalue weighted by Gasteiger charge is -2.08. The molecule has 0 spiro atoms. The number of rotatable bonds is 5. The first kappa shape index (κ1) is 16.8. The van der Waals surface area contributed by atoms with Crippen LogP contribution in [0.1, 0.15) is 16.7 Å². The van der Waals surface area contributed by atoms with Crippen LogP contribution in [0.15, 0.2) is 57.7 Å². The van der Waals surface area contributed by atoms with Gasteiger partial charge in [-0.15, -0.1) is 0 Å². The molecule has 0 bridgehead atoms. The van der Waals surface area contributed by atoms with E-state index in [1.165, 1.54) is 13.2 Å². The van der Waals surface area contributed by atoms with Crippen molar-refractivity contribution in [2.45, 2.75) is 20.0 Å². The van der Waals surface area contributed by atoms with E-state index in [4.69, 9.17) is 13.9 Å². The van der Waals surface area contributed by atoms with Gasteiger partial charge in [0.05, 0.1) is 13.5 Å². The molecule has 128 valence electrons. The molecule has 0 aliphatic carbocycles. The van der Waals surface area contributed by atoms with Gasteiger partial charge in [0.1, 0.15) is 17.9 Å². The van der Waals surface area contributed by atoms with Crippen LogP contribution in [-0.2, 0) is 22.6 Å². The summed E-state index contributed by atoms with van der Waals surface area (Å²) in [4.78, 5) is 23.8. The van der Waals surface area contributed by atoms with Crippen LogP contribution in [0.2, 0.25) is 0 Å². The number of methoxy groups -OCH3 is 1. The summed E-state index contributed by atoms with van der Waals surface area (Å²) in [7, 11) is 1.54. The molecular weight excluding hydrogens is 320 g/mol. The monoisotopic (exact) mass is 338 g/mol. The normalized spacial score (nSPS) is 10.6. The second-order valence-corrected chi connectivity index (χ2v) is 5.78. The van der Waals surface area contributed by atoms with Crippen molar-refractivity contribution < 1.29 is 18.7 Å². The highest BCUT2D eigenvalue weighted by molar-refractivity contribution is 5.82. The Morgan fingerprint density at radius 1 is 1.08 bits per heavy atom. The van der Waals surface area contributed by atoms with Gasteiger partial charge in [-0.25, -0.2) is 4.79 Å². The minimum absolute atomic E-state index is 0.0130. The third-order valence-corrected chi connectivity index (χ3v) is 3.90. The molecule has 1 aromatic heterocycles. The molecule has 0 unspecified atom stereocenters. The van der Waals surface area contributed by atoms with Gasteiger partial charge in [0.15, 0.2) is 0 Å². The Morgan fingerprint density at radius 2 is 1.84 bits per heavy atom. The summed E-state index contributed by atoms with van der Waals surface area (Å²) in [6.45, 7) is 2.00. The molecule has 3 aromatic rings.